The first-order valence-corrected chi connectivity index (χ1v) is 6.49. The van der Waals surface area contributed by atoms with Crippen molar-refractivity contribution in [3.05, 3.63) is 0 Å². The van der Waals surface area contributed by atoms with Gasteiger partial charge in [0.25, 0.3) is 0 Å². The van der Waals surface area contributed by atoms with Gasteiger partial charge in [-0.25, -0.2) is 0 Å². The van der Waals surface area contributed by atoms with E-state index in [9.17, 15) is 16.0 Å². The Morgan fingerprint density at radius 3 is 1.22 bits per heavy atom. The van der Waals surface area contributed by atoms with Crippen LogP contribution in [0.3, 0.4) is 0 Å². The molecule has 0 amide bonds. The summed E-state index contributed by atoms with van der Waals surface area (Å²) in [6, 6.07) is 0. The van der Waals surface area contributed by atoms with E-state index in [1.807, 2.05) is 0 Å². The van der Waals surface area contributed by atoms with Crippen LogP contribution >= 0.6 is 0 Å². The van der Waals surface area contributed by atoms with E-state index in [1.54, 1.807) is 0 Å². The summed E-state index contributed by atoms with van der Waals surface area (Å²) in [5.41, 5.74) is 0. The average Bonchev–Trinajstić information content (AvgIpc) is 1.20. The molecular formula is H3CrO7S. The van der Waals surface area contributed by atoms with E-state index in [0.29, 0.717) is 0 Å². The molecule has 0 rings (SSSR count). The molecule has 0 atom stereocenters. The molecule has 0 bridgehead atoms. The SMILES string of the molecule is O=[S](=O)(O)[Cr](=[O])(=[O])([OH])[OH]. The minimum atomic E-state index is -7.66. The second kappa shape index (κ2) is 1.51. The Morgan fingerprint density at radius 1 is 1.11 bits per heavy atom. The second-order valence-corrected chi connectivity index (χ2v) is 8.63. The van der Waals surface area contributed by atoms with Gasteiger partial charge in [-0.05, 0) is 0 Å². The third-order valence-corrected chi connectivity index (χ3v) is 4.46. The van der Waals surface area contributed by atoms with Crippen LogP contribution in [0.4, 0.5) is 0 Å². The molecule has 0 radical (unpaired) electrons. The van der Waals surface area contributed by atoms with Crippen molar-refractivity contribution >= 4 is 8.48 Å². The minimum absolute atomic E-state index is 5.77. The quantitative estimate of drug-likeness (QED) is 0.416. The van der Waals surface area contributed by atoms with Crippen molar-refractivity contribution in [3.63, 3.8) is 0 Å². The molecule has 0 fully saturated rings. The molecule has 0 saturated heterocycles. The zero-order valence-electron chi connectivity index (χ0n) is 3.79. The summed E-state index contributed by atoms with van der Waals surface area (Å²) in [5.74, 6) is 0. The zero-order valence-corrected chi connectivity index (χ0v) is 5.88. The van der Waals surface area contributed by atoms with E-state index in [2.05, 4.69) is 0 Å². The summed E-state index contributed by atoms with van der Waals surface area (Å²) in [6.45, 7) is 0. The van der Waals surface area contributed by atoms with Crippen LogP contribution in [0, 0.1) is 0 Å². The molecule has 0 aliphatic heterocycles. The molecule has 0 aliphatic carbocycles. The van der Waals surface area contributed by atoms with E-state index >= 15 is 0 Å². The summed E-state index contributed by atoms with van der Waals surface area (Å²) >= 11 is -7.66. The summed E-state index contributed by atoms with van der Waals surface area (Å²) in [5, 5.41) is 0. The van der Waals surface area contributed by atoms with Crippen LogP contribution in [0.25, 0.3) is 0 Å². The molecule has 7 nitrogen and oxygen atoms in total. The molecule has 0 aromatic rings. The monoisotopic (exact) mass is 199 g/mol. The zero-order chi connectivity index (χ0) is 7.95. The van der Waals surface area contributed by atoms with Crippen molar-refractivity contribution in [2.75, 3.05) is 0 Å². The van der Waals surface area contributed by atoms with Gasteiger partial charge in [0.05, 0.1) is 0 Å². The fourth-order valence-corrected chi connectivity index (χ4v) is 0. The van der Waals surface area contributed by atoms with Crippen LogP contribution in [0.15, 0.2) is 0 Å². The summed E-state index contributed by atoms with van der Waals surface area (Å²) in [4.78, 5) is 0. The summed E-state index contributed by atoms with van der Waals surface area (Å²) < 4.78 is 60.8. The third-order valence-electron chi connectivity index (χ3n) is 0.360. The topological polar surface area (TPSA) is 129 Å². The molecule has 0 aromatic heterocycles. The standard InChI is InChI=1S/Cr.HO3S.2H2O.2O/c;1-4(2)3;;;;/h;(H,1,2,3);2*1H2;;/q+2;;;;;/p-2. The molecule has 9 heteroatoms. The first-order chi connectivity index (χ1) is 3.51. The second-order valence-electron chi connectivity index (χ2n) is 1.16. The van der Waals surface area contributed by atoms with Gasteiger partial charge in [-0.15, -0.1) is 0 Å². The Bertz CT molecular complexity index is 311. The number of rotatable bonds is 1. The molecule has 0 heterocycles. The van der Waals surface area contributed by atoms with Gasteiger partial charge in [0.1, 0.15) is 0 Å². The van der Waals surface area contributed by atoms with Gasteiger partial charge in [-0.1, -0.05) is 0 Å². The van der Waals surface area contributed by atoms with Gasteiger partial charge >= 0.3 is 48.8 Å². The van der Waals surface area contributed by atoms with Crippen molar-refractivity contribution in [2.24, 2.45) is 0 Å². The van der Waals surface area contributed by atoms with Crippen molar-refractivity contribution in [3.8, 4) is 0 Å². The Hall–Kier alpha value is -0.0375. The number of hydrogen-bond donors (Lipinski definition) is 3. The first kappa shape index (κ1) is 8.96. The Kier molecular flexibility index (Phi) is 1.51. The molecule has 57 valence electrons. The van der Waals surface area contributed by atoms with E-state index in [1.165, 1.54) is 0 Å². The van der Waals surface area contributed by atoms with Crippen molar-refractivity contribution in [1.82, 2.24) is 0 Å². The van der Waals surface area contributed by atoms with E-state index in [-0.39, 0.29) is 0 Å². The van der Waals surface area contributed by atoms with Crippen molar-refractivity contribution < 1.29 is 40.3 Å². The fourth-order valence-electron chi connectivity index (χ4n) is 0. The van der Waals surface area contributed by atoms with E-state index in [4.69, 9.17) is 12.9 Å². The third kappa shape index (κ3) is 1.98. The Morgan fingerprint density at radius 2 is 1.22 bits per heavy atom. The van der Waals surface area contributed by atoms with Crippen LogP contribution in [0.2, 0.25) is 0 Å². The van der Waals surface area contributed by atoms with E-state index in [0.717, 1.165) is 0 Å². The normalized spacial score (nSPS) is 18.3. The van der Waals surface area contributed by atoms with Crippen molar-refractivity contribution in [1.29, 1.82) is 0 Å². The molecule has 0 aromatic carbocycles. The first-order valence-electron chi connectivity index (χ1n) is 1.38. The van der Waals surface area contributed by atoms with Crippen molar-refractivity contribution in [2.45, 2.75) is 0 Å². The van der Waals surface area contributed by atoms with E-state index < -0.39 is 19.9 Å². The fraction of sp³-hybridized carbons (Fsp3) is 0. The summed E-state index contributed by atoms with van der Waals surface area (Å²) in [6.07, 6.45) is 0. The van der Waals surface area contributed by atoms with Crippen LogP contribution in [-0.4, -0.2) is 21.3 Å². The predicted molar refractivity (Wildman–Crippen MR) is 17.4 cm³/mol. The average molecular weight is 199 g/mol. The Labute approximate surface area is 49.4 Å². The van der Waals surface area contributed by atoms with Gasteiger partial charge in [0, 0.05) is 0 Å². The molecule has 0 unspecified atom stereocenters. The molecular weight excluding hydrogens is 196 g/mol. The maximum atomic E-state index is 9.59. The van der Waals surface area contributed by atoms with Crippen LogP contribution in [-0.2, 0) is 27.5 Å². The Balaban J connectivity index is 5.68. The molecule has 3 N–H and O–H groups in total. The van der Waals surface area contributed by atoms with Gasteiger partial charge in [0.15, 0.2) is 0 Å². The van der Waals surface area contributed by atoms with Crippen LogP contribution in [0.1, 0.15) is 0 Å². The molecule has 9 heavy (non-hydrogen) atoms. The maximum absolute atomic E-state index is 9.59. The van der Waals surface area contributed by atoms with Crippen LogP contribution < -0.4 is 0 Å². The van der Waals surface area contributed by atoms with Gasteiger partial charge < -0.3 is 0 Å². The van der Waals surface area contributed by atoms with Gasteiger partial charge in [-0.2, -0.15) is 0 Å². The van der Waals surface area contributed by atoms with Gasteiger partial charge in [-0.3, -0.25) is 0 Å². The molecule has 0 saturated carbocycles. The molecule has 0 aliphatic rings. The predicted octanol–water partition coefficient (Wildman–Crippen LogP) is -2.02. The summed E-state index contributed by atoms with van der Waals surface area (Å²) in [7, 11) is -5.77. The number of hydrogen-bond acceptors (Lipinski definition) is 4. The molecule has 0 spiro atoms. The van der Waals surface area contributed by atoms with Crippen LogP contribution in [0.5, 0.6) is 0 Å². The van der Waals surface area contributed by atoms with Gasteiger partial charge in [0.2, 0.25) is 0 Å².